The lowest BCUT2D eigenvalue weighted by Gasteiger charge is -2.12. The van der Waals surface area contributed by atoms with Gasteiger partial charge < -0.3 is 9.47 Å². The van der Waals surface area contributed by atoms with Gasteiger partial charge >= 0.3 is 0 Å². The Balaban J connectivity index is 3.50. The van der Waals surface area contributed by atoms with Crippen molar-refractivity contribution in [2.24, 2.45) is 0 Å². The van der Waals surface area contributed by atoms with Crippen LogP contribution in [0.2, 0.25) is 0 Å². The molecule has 0 unspecified atom stereocenters. The van der Waals surface area contributed by atoms with Crippen LogP contribution >= 0.6 is 22.6 Å². The van der Waals surface area contributed by atoms with Gasteiger partial charge in [0, 0.05) is 20.6 Å². The summed E-state index contributed by atoms with van der Waals surface area (Å²) < 4.78 is 12.2. The van der Waals surface area contributed by atoms with Gasteiger partial charge in [0.25, 0.3) is 0 Å². The van der Waals surface area contributed by atoms with E-state index in [1.54, 1.807) is 14.2 Å². The van der Waals surface area contributed by atoms with E-state index in [2.05, 4.69) is 33.6 Å². The monoisotopic (exact) mass is 270 g/mol. The summed E-state index contributed by atoms with van der Waals surface area (Å²) in [5, 5.41) is 0. The fourth-order valence-electron chi connectivity index (χ4n) is 0.732. The highest BCUT2D eigenvalue weighted by Gasteiger charge is 2.03. The average Bonchev–Trinajstić information content (AvgIpc) is 2.06. The van der Waals surface area contributed by atoms with Crippen molar-refractivity contribution in [2.75, 3.05) is 14.2 Å². The summed E-state index contributed by atoms with van der Waals surface area (Å²) in [5.74, 6) is 0. The molecule has 0 rings (SSSR count). The van der Waals surface area contributed by atoms with Crippen LogP contribution in [-0.2, 0) is 9.47 Å². The van der Waals surface area contributed by atoms with E-state index in [1.807, 2.05) is 0 Å². The Morgan fingerprint density at radius 2 is 2.00 bits per heavy atom. The molecular weight excluding hydrogens is 255 g/mol. The molecule has 0 heterocycles. The second-order valence-electron chi connectivity index (χ2n) is 2.40. The summed E-state index contributed by atoms with van der Waals surface area (Å²) in [7, 11) is 3.33. The van der Waals surface area contributed by atoms with Crippen molar-refractivity contribution in [2.45, 2.75) is 26.1 Å². The zero-order chi connectivity index (χ0) is 8.69. The van der Waals surface area contributed by atoms with Crippen LogP contribution in [0.25, 0.3) is 0 Å². The van der Waals surface area contributed by atoms with Crippen LogP contribution in [0.4, 0.5) is 0 Å². The number of hydrogen-bond donors (Lipinski definition) is 0. The van der Waals surface area contributed by atoms with E-state index in [-0.39, 0.29) is 6.29 Å². The van der Waals surface area contributed by atoms with Crippen molar-refractivity contribution in [3.63, 3.8) is 0 Å². The van der Waals surface area contributed by atoms with Crippen LogP contribution < -0.4 is 0 Å². The minimum Gasteiger partial charge on any atom is -0.356 e. The van der Waals surface area contributed by atoms with Crippen molar-refractivity contribution in [1.29, 1.82) is 0 Å². The molecule has 0 aromatic heterocycles. The Morgan fingerprint density at radius 1 is 1.45 bits per heavy atom. The standard InChI is InChI=1S/C8H15IO2/c1-7(6-9)4-5-8(10-2)11-3/h6,8H,4-5H2,1-3H3/b7-6+. The predicted molar refractivity (Wildman–Crippen MR) is 54.8 cm³/mol. The largest absolute Gasteiger partial charge is 0.356 e. The fraction of sp³-hybridized carbons (Fsp3) is 0.750. The first-order valence-electron chi connectivity index (χ1n) is 3.56. The zero-order valence-electron chi connectivity index (χ0n) is 7.26. The normalized spacial score (nSPS) is 12.6. The van der Waals surface area contributed by atoms with Crippen LogP contribution in [0, 0.1) is 0 Å². The first-order valence-corrected chi connectivity index (χ1v) is 4.80. The molecular formula is C8H15IO2. The summed E-state index contributed by atoms with van der Waals surface area (Å²) in [5.41, 5.74) is 1.37. The Hall–Kier alpha value is 0.390. The summed E-state index contributed by atoms with van der Waals surface area (Å²) in [6, 6.07) is 0. The molecule has 0 bridgehead atoms. The Labute approximate surface area is 82.1 Å². The van der Waals surface area contributed by atoms with Gasteiger partial charge in [-0.25, -0.2) is 0 Å². The van der Waals surface area contributed by atoms with Crippen LogP contribution in [0.15, 0.2) is 9.66 Å². The molecule has 0 radical (unpaired) electrons. The second kappa shape index (κ2) is 7.06. The third-order valence-electron chi connectivity index (χ3n) is 1.49. The van der Waals surface area contributed by atoms with Crippen LogP contribution in [0.3, 0.4) is 0 Å². The van der Waals surface area contributed by atoms with Crippen molar-refractivity contribution < 1.29 is 9.47 Å². The lowest BCUT2D eigenvalue weighted by Crippen LogP contribution is -2.12. The average molecular weight is 270 g/mol. The summed E-state index contributed by atoms with van der Waals surface area (Å²) in [4.78, 5) is 0. The number of methoxy groups -OCH3 is 2. The number of ether oxygens (including phenoxy) is 2. The lowest BCUT2D eigenvalue weighted by molar-refractivity contribution is -0.105. The highest BCUT2D eigenvalue weighted by atomic mass is 127. The maximum absolute atomic E-state index is 5.04. The Kier molecular flexibility index (Phi) is 7.31. The maximum Gasteiger partial charge on any atom is 0.157 e. The van der Waals surface area contributed by atoms with Gasteiger partial charge in [-0.15, -0.1) is 0 Å². The van der Waals surface area contributed by atoms with Gasteiger partial charge in [0.1, 0.15) is 0 Å². The molecule has 0 aliphatic heterocycles. The number of hydrogen-bond acceptors (Lipinski definition) is 2. The van der Waals surface area contributed by atoms with E-state index in [0.29, 0.717) is 0 Å². The first-order chi connectivity index (χ1) is 5.24. The fourth-order valence-corrected chi connectivity index (χ4v) is 1.04. The van der Waals surface area contributed by atoms with Gasteiger partial charge in [-0.05, 0) is 17.4 Å². The summed E-state index contributed by atoms with van der Waals surface area (Å²) in [6.45, 7) is 2.11. The highest BCUT2D eigenvalue weighted by Crippen LogP contribution is 2.10. The summed E-state index contributed by atoms with van der Waals surface area (Å²) >= 11 is 2.24. The summed E-state index contributed by atoms with van der Waals surface area (Å²) in [6.07, 6.45) is 1.91. The van der Waals surface area contributed by atoms with E-state index in [0.717, 1.165) is 12.8 Å². The molecule has 3 heteroatoms. The van der Waals surface area contributed by atoms with E-state index in [9.17, 15) is 0 Å². The molecule has 0 aliphatic carbocycles. The Morgan fingerprint density at radius 3 is 2.36 bits per heavy atom. The molecule has 2 nitrogen and oxygen atoms in total. The SMILES string of the molecule is COC(CC/C(C)=C/I)OC. The topological polar surface area (TPSA) is 18.5 Å². The minimum atomic E-state index is -0.0544. The van der Waals surface area contributed by atoms with Crippen molar-refractivity contribution in [1.82, 2.24) is 0 Å². The van der Waals surface area contributed by atoms with Gasteiger partial charge in [-0.1, -0.05) is 28.2 Å². The molecule has 0 spiro atoms. The molecule has 66 valence electrons. The van der Waals surface area contributed by atoms with Crippen LogP contribution in [0.5, 0.6) is 0 Å². The van der Waals surface area contributed by atoms with Gasteiger partial charge in [0.05, 0.1) is 0 Å². The highest BCUT2D eigenvalue weighted by molar-refractivity contribution is 14.1. The third-order valence-corrected chi connectivity index (χ3v) is 2.55. The molecule has 0 N–H and O–H groups in total. The van der Waals surface area contributed by atoms with E-state index in [1.165, 1.54) is 5.57 Å². The van der Waals surface area contributed by atoms with Crippen LogP contribution in [-0.4, -0.2) is 20.5 Å². The number of halogens is 1. The van der Waals surface area contributed by atoms with Gasteiger partial charge in [-0.2, -0.15) is 0 Å². The molecule has 0 amide bonds. The minimum absolute atomic E-state index is 0.0544. The molecule has 0 aromatic carbocycles. The number of allylic oxidation sites excluding steroid dienone is 1. The van der Waals surface area contributed by atoms with Crippen molar-refractivity contribution >= 4 is 22.6 Å². The van der Waals surface area contributed by atoms with Gasteiger partial charge in [-0.3, -0.25) is 0 Å². The molecule has 0 fully saturated rings. The van der Waals surface area contributed by atoms with Crippen molar-refractivity contribution in [3.05, 3.63) is 9.66 Å². The quantitative estimate of drug-likeness (QED) is 0.565. The third kappa shape index (κ3) is 5.64. The first kappa shape index (κ1) is 11.4. The van der Waals surface area contributed by atoms with Crippen LogP contribution in [0.1, 0.15) is 19.8 Å². The Bertz CT molecular complexity index is 119. The molecule has 0 aromatic rings. The second-order valence-corrected chi connectivity index (χ2v) is 3.02. The molecule has 0 atom stereocenters. The zero-order valence-corrected chi connectivity index (χ0v) is 9.42. The van der Waals surface area contributed by atoms with E-state index in [4.69, 9.17) is 9.47 Å². The van der Waals surface area contributed by atoms with Gasteiger partial charge in [0.2, 0.25) is 0 Å². The molecule has 11 heavy (non-hydrogen) atoms. The van der Waals surface area contributed by atoms with Gasteiger partial charge in [0.15, 0.2) is 6.29 Å². The molecule has 0 aliphatic rings. The predicted octanol–water partition coefficient (Wildman–Crippen LogP) is 2.72. The van der Waals surface area contributed by atoms with E-state index >= 15 is 0 Å². The number of rotatable bonds is 5. The lowest BCUT2D eigenvalue weighted by atomic mass is 10.2. The molecule has 0 saturated heterocycles. The molecule has 0 saturated carbocycles. The van der Waals surface area contributed by atoms with E-state index < -0.39 is 0 Å². The smallest absolute Gasteiger partial charge is 0.157 e. The van der Waals surface area contributed by atoms with Crippen molar-refractivity contribution in [3.8, 4) is 0 Å². The maximum atomic E-state index is 5.04.